The molecular weight excluding hydrogens is 180 g/mol. The first kappa shape index (κ1) is 8.56. The largest absolute Gasteiger partial charge is 0.441 e. The number of carbonyl (C=O) groups excluding carboxylic acids is 1. The van der Waals surface area contributed by atoms with Crippen molar-refractivity contribution in [3.05, 3.63) is 54.5 Å². The predicted octanol–water partition coefficient (Wildman–Crippen LogP) is 2.07. The fourth-order valence-corrected chi connectivity index (χ4v) is 1.12. The fraction of sp³-hybridized carbons (Fsp3) is 0. The van der Waals surface area contributed by atoms with Crippen molar-refractivity contribution in [2.45, 2.75) is 0 Å². The van der Waals surface area contributed by atoms with Gasteiger partial charge in [0.15, 0.2) is 5.76 Å². The maximum absolute atomic E-state index is 11.1. The van der Waals surface area contributed by atoms with Crippen LogP contribution >= 0.6 is 0 Å². The third-order valence-corrected chi connectivity index (χ3v) is 1.78. The zero-order chi connectivity index (χ0) is 9.97. The average molecular weight is 188 g/mol. The number of carbonyl (C=O) groups is 1. The standard InChI is InChI=1S/C11H8O3/c1-2-13-11(12)10-9(14-10)8-6-4-3-5-7-8/h2-7H,1H2. The summed E-state index contributed by atoms with van der Waals surface area (Å²) >= 11 is 0. The van der Waals surface area contributed by atoms with Crippen LogP contribution in [0.4, 0.5) is 0 Å². The molecule has 0 aliphatic carbocycles. The molecule has 0 amide bonds. The van der Waals surface area contributed by atoms with Crippen LogP contribution in [0.5, 0.6) is 0 Å². The Kier molecular flexibility index (Phi) is 2.07. The van der Waals surface area contributed by atoms with E-state index in [4.69, 9.17) is 4.74 Å². The summed E-state index contributed by atoms with van der Waals surface area (Å²) < 4.78 is 9.59. The zero-order valence-corrected chi connectivity index (χ0v) is 7.40. The highest BCUT2D eigenvalue weighted by atomic mass is 16.6. The van der Waals surface area contributed by atoms with Crippen LogP contribution in [0.15, 0.2) is 48.9 Å². The molecule has 2 rings (SSSR count). The van der Waals surface area contributed by atoms with Gasteiger partial charge in [-0.05, 0) is 0 Å². The summed E-state index contributed by atoms with van der Waals surface area (Å²) in [5.41, 5.74) is 0.878. The lowest BCUT2D eigenvalue weighted by atomic mass is 10.2. The van der Waals surface area contributed by atoms with Crippen LogP contribution in [-0.2, 0) is 14.3 Å². The van der Waals surface area contributed by atoms with E-state index < -0.39 is 5.97 Å². The summed E-state index contributed by atoms with van der Waals surface area (Å²) in [6.07, 6.45) is 1.08. The van der Waals surface area contributed by atoms with Gasteiger partial charge in [-0.2, -0.15) is 0 Å². The molecule has 70 valence electrons. The van der Waals surface area contributed by atoms with E-state index in [0.29, 0.717) is 5.76 Å². The highest BCUT2D eigenvalue weighted by Gasteiger charge is 2.34. The minimum atomic E-state index is -0.501. The number of rotatable bonds is 3. The van der Waals surface area contributed by atoms with Crippen molar-refractivity contribution < 1.29 is 14.3 Å². The molecule has 1 aromatic rings. The van der Waals surface area contributed by atoms with Crippen LogP contribution < -0.4 is 0 Å². The summed E-state index contributed by atoms with van der Waals surface area (Å²) in [5, 5.41) is 0. The molecule has 0 radical (unpaired) electrons. The van der Waals surface area contributed by atoms with E-state index in [1.54, 1.807) is 0 Å². The average Bonchev–Trinajstić information content (AvgIpc) is 2.99. The minimum absolute atomic E-state index is 0.260. The predicted molar refractivity (Wildman–Crippen MR) is 50.7 cm³/mol. The van der Waals surface area contributed by atoms with Crippen molar-refractivity contribution >= 4 is 11.7 Å². The lowest BCUT2D eigenvalue weighted by Gasteiger charge is -1.86. The second-order valence-corrected chi connectivity index (χ2v) is 2.70. The first-order chi connectivity index (χ1) is 6.83. The summed E-state index contributed by atoms with van der Waals surface area (Å²) in [6, 6.07) is 9.38. The smallest absolute Gasteiger partial charge is 0.383 e. The van der Waals surface area contributed by atoms with E-state index in [1.165, 1.54) is 0 Å². The molecule has 1 aliphatic heterocycles. The van der Waals surface area contributed by atoms with Crippen LogP contribution in [0.2, 0.25) is 0 Å². The fourth-order valence-electron chi connectivity index (χ4n) is 1.12. The van der Waals surface area contributed by atoms with Crippen LogP contribution in [0.3, 0.4) is 0 Å². The van der Waals surface area contributed by atoms with Crippen molar-refractivity contribution in [1.82, 2.24) is 0 Å². The van der Waals surface area contributed by atoms with Crippen LogP contribution in [0, 0.1) is 0 Å². The second kappa shape index (κ2) is 3.38. The maximum Gasteiger partial charge on any atom is 0.383 e. The van der Waals surface area contributed by atoms with E-state index in [0.717, 1.165) is 11.8 Å². The molecule has 0 aromatic heterocycles. The Morgan fingerprint density at radius 2 is 2.07 bits per heavy atom. The lowest BCUT2D eigenvalue weighted by Crippen LogP contribution is -1.95. The Bertz CT molecular complexity index is 404. The summed E-state index contributed by atoms with van der Waals surface area (Å²) in [4.78, 5) is 11.1. The normalized spacial score (nSPS) is 13.1. The molecule has 0 saturated carbocycles. The third kappa shape index (κ3) is 1.52. The third-order valence-electron chi connectivity index (χ3n) is 1.78. The minimum Gasteiger partial charge on any atom is -0.441 e. The van der Waals surface area contributed by atoms with Crippen LogP contribution in [0.1, 0.15) is 5.56 Å². The molecule has 1 aromatic carbocycles. The van der Waals surface area contributed by atoms with Gasteiger partial charge in [-0.1, -0.05) is 36.9 Å². The van der Waals surface area contributed by atoms with Crippen molar-refractivity contribution in [2.24, 2.45) is 0 Å². The number of esters is 1. The molecule has 14 heavy (non-hydrogen) atoms. The van der Waals surface area contributed by atoms with Gasteiger partial charge < -0.3 is 9.47 Å². The quantitative estimate of drug-likeness (QED) is 0.538. The van der Waals surface area contributed by atoms with Gasteiger partial charge in [0, 0.05) is 5.56 Å². The molecule has 1 aliphatic rings. The zero-order valence-electron chi connectivity index (χ0n) is 7.40. The van der Waals surface area contributed by atoms with Gasteiger partial charge in [0.25, 0.3) is 5.76 Å². The van der Waals surface area contributed by atoms with Gasteiger partial charge >= 0.3 is 5.97 Å². The molecule has 1 heterocycles. The Labute approximate surface area is 81.3 Å². The maximum atomic E-state index is 11.1. The molecule has 0 bridgehead atoms. The van der Waals surface area contributed by atoms with Gasteiger partial charge in [-0.15, -0.1) is 0 Å². The van der Waals surface area contributed by atoms with E-state index in [1.807, 2.05) is 30.3 Å². The molecule has 0 spiro atoms. The molecule has 0 saturated heterocycles. The van der Waals surface area contributed by atoms with Gasteiger partial charge in [0.05, 0.1) is 6.26 Å². The number of hydrogen-bond acceptors (Lipinski definition) is 3. The molecule has 3 nitrogen and oxygen atoms in total. The number of benzene rings is 1. The summed E-state index contributed by atoms with van der Waals surface area (Å²) in [5.74, 6) is 0.340. The van der Waals surface area contributed by atoms with E-state index in [-0.39, 0.29) is 5.76 Å². The lowest BCUT2D eigenvalue weighted by molar-refractivity contribution is -0.134. The van der Waals surface area contributed by atoms with E-state index in [2.05, 4.69) is 11.3 Å². The number of ether oxygens (including phenoxy) is 2. The second-order valence-electron chi connectivity index (χ2n) is 2.70. The molecule has 0 N–H and O–H groups in total. The first-order valence-corrected chi connectivity index (χ1v) is 4.12. The van der Waals surface area contributed by atoms with Gasteiger partial charge in [-0.25, -0.2) is 4.79 Å². The highest BCUT2D eigenvalue weighted by molar-refractivity contribution is 6.01. The molecule has 0 atom stereocenters. The number of hydrogen-bond donors (Lipinski definition) is 0. The van der Waals surface area contributed by atoms with Crippen molar-refractivity contribution in [2.75, 3.05) is 0 Å². The monoisotopic (exact) mass is 188 g/mol. The SMILES string of the molecule is C=COC(=O)C1=C(c2ccccc2)O1. The Balaban J connectivity index is 2.17. The molecule has 0 unspecified atom stereocenters. The van der Waals surface area contributed by atoms with Crippen LogP contribution in [-0.4, -0.2) is 5.97 Å². The van der Waals surface area contributed by atoms with E-state index in [9.17, 15) is 4.79 Å². The Morgan fingerprint density at radius 1 is 1.36 bits per heavy atom. The molecule has 3 heteroatoms. The summed E-state index contributed by atoms with van der Waals surface area (Å²) in [7, 11) is 0. The molecular formula is C11H8O3. The topological polar surface area (TPSA) is 38.8 Å². The first-order valence-electron chi connectivity index (χ1n) is 4.12. The van der Waals surface area contributed by atoms with Gasteiger partial charge in [0.1, 0.15) is 0 Å². The van der Waals surface area contributed by atoms with Crippen molar-refractivity contribution in [1.29, 1.82) is 0 Å². The van der Waals surface area contributed by atoms with Crippen molar-refractivity contribution in [3.63, 3.8) is 0 Å². The van der Waals surface area contributed by atoms with Crippen molar-refractivity contribution in [3.8, 4) is 0 Å². The van der Waals surface area contributed by atoms with Gasteiger partial charge in [-0.3, -0.25) is 0 Å². The summed E-state index contributed by atoms with van der Waals surface area (Å²) in [6.45, 7) is 3.29. The van der Waals surface area contributed by atoms with Gasteiger partial charge in [0.2, 0.25) is 0 Å². The Hall–Kier alpha value is -2.03. The van der Waals surface area contributed by atoms with E-state index >= 15 is 0 Å². The van der Waals surface area contributed by atoms with Crippen LogP contribution in [0.25, 0.3) is 5.76 Å². The highest BCUT2D eigenvalue weighted by Crippen LogP contribution is 2.36. The Morgan fingerprint density at radius 3 is 2.71 bits per heavy atom. The molecule has 0 fully saturated rings.